The molecule has 2 aromatic rings. The van der Waals surface area contributed by atoms with Gasteiger partial charge in [0.05, 0.1) is 20.8 Å². The van der Waals surface area contributed by atoms with Crippen LogP contribution in [0.1, 0.15) is 15.9 Å². The van der Waals surface area contributed by atoms with E-state index in [0.29, 0.717) is 5.56 Å². The van der Waals surface area contributed by atoms with Crippen LogP contribution in [0.2, 0.25) is 0 Å². The fraction of sp³-hybridized carbons (Fsp3) is 0.0714. The van der Waals surface area contributed by atoms with E-state index in [2.05, 4.69) is 10.9 Å². The van der Waals surface area contributed by atoms with Crippen LogP contribution in [0.5, 0.6) is 0 Å². The molecule has 0 unspecified atom stereocenters. The highest BCUT2D eigenvalue weighted by atomic mass is 16.6. The van der Waals surface area contributed by atoms with Crippen molar-refractivity contribution in [1.29, 1.82) is 0 Å². The summed E-state index contributed by atoms with van der Waals surface area (Å²) in [5.74, 6) is -0.777. The molecule has 12 heteroatoms. The van der Waals surface area contributed by atoms with Gasteiger partial charge in [-0.2, -0.15) is 0 Å². The molecule has 0 bridgehead atoms. The normalized spacial score (nSPS) is 10.0. The molecule has 0 heterocycles. The Hall–Kier alpha value is -4.09. The Labute approximate surface area is 144 Å². The number of hydrogen-bond donors (Lipinski definition) is 2. The first-order chi connectivity index (χ1) is 12.2. The Bertz CT molecular complexity index is 928. The smallest absolute Gasteiger partial charge is 0.292 e. The first-order valence-corrected chi connectivity index (χ1v) is 6.95. The molecule has 26 heavy (non-hydrogen) atoms. The van der Waals surface area contributed by atoms with Crippen molar-refractivity contribution < 1.29 is 19.6 Å². The molecule has 2 aromatic carbocycles. The number of nitrogens with one attached hydrogen (secondary N) is 2. The molecule has 0 atom stereocenters. The van der Waals surface area contributed by atoms with Crippen molar-refractivity contribution >= 4 is 28.7 Å². The van der Waals surface area contributed by atoms with Gasteiger partial charge in [-0.15, -0.1) is 0 Å². The lowest BCUT2D eigenvalue weighted by Crippen LogP contribution is -2.29. The quantitative estimate of drug-likeness (QED) is 0.583. The maximum absolute atomic E-state index is 12.1. The third-order valence-corrected chi connectivity index (χ3v) is 3.37. The van der Waals surface area contributed by atoms with Crippen LogP contribution in [0.4, 0.5) is 22.7 Å². The third kappa shape index (κ3) is 3.87. The van der Waals surface area contributed by atoms with E-state index >= 15 is 0 Å². The Morgan fingerprint density at radius 1 is 0.885 bits per heavy atom. The predicted octanol–water partition coefficient (Wildman–Crippen LogP) is 2.48. The van der Waals surface area contributed by atoms with Crippen molar-refractivity contribution in [3.8, 4) is 0 Å². The van der Waals surface area contributed by atoms with Crippen LogP contribution in [-0.4, -0.2) is 20.7 Å². The van der Waals surface area contributed by atoms with Crippen molar-refractivity contribution in [2.45, 2.75) is 6.92 Å². The molecule has 1 amide bonds. The molecule has 0 saturated heterocycles. The molecule has 0 radical (unpaired) electrons. The van der Waals surface area contributed by atoms with E-state index in [-0.39, 0.29) is 16.9 Å². The maximum Gasteiger partial charge on any atom is 0.300 e. The van der Waals surface area contributed by atoms with Gasteiger partial charge in [-0.05, 0) is 19.1 Å². The van der Waals surface area contributed by atoms with E-state index in [0.717, 1.165) is 24.3 Å². The Kier molecular flexibility index (Phi) is 5.06. The van der Waals surface area contributed by atoms with Crippen molar-refractivity contribution in [2.75, 3.05) is 5.43 Å². The van der Waals surface area contributed by atoms with Crippen LogP contribution in [0, 0.1) is 37.3 Å². The van der Waals surface area contributed by atoms with Gasteiger partial charge in [-0.1, -0.05) is 6.07 Å². The van der Waals surface area contributed by atoms with E-state index < -0.39 is 32.1 Å². The first-order valence-electron chi connectivity index (χ1n) is 6.95. The zero-order chi connectivity index (χ0) is 19.4. The van der Waals surface area contributed by atoms with E-state index in [1.165, 1.54) is 19.1 Å². The number of nitro benzene ring substituents is 3. The fourth-order valence-electron chi connectivity index (χ4n) is 2.03. The zero-order valence-electron chi connectivity index (χ0n) is 13.2. The lowest BCUT2D eigenvalue weighted by molar-refractivity contribution is -0.393. The van der Waals surface area contributed by atoms with Crippen LogP contribution in [-0.2, 0) is 0 Å². The van der Waals surface area contributed by atoms with E-state index in [1.54, 1.807) is 0 Å². The highest BCUT2D eigenvalue weighted by molar-refractivity contribution is 5.95. The Balaban J connectivity index is 2.22. The summed E-state index contributed by atoms with van der Waals surface area (Å²) in [4.78, 5) is 42.4. The van der Waals surface area contributed by atoms with Gasteiger partial charge >= 0.3 is 5.69 Å². The molecule has 0 aromatic heterocycles. The summed E-state index contributed by atoms with van der Waals surface area (Å²) in [6.07, 6.45) is 0. The SMILES string of the molecule is Cc1ccc(C(=O)NNc2ccc([N+](=O)[O-])cc2[N+](=O)[O-])cc1[N+](=O)[O-]. The minimum absolute atomic E-state index is 0.0423. The van der Waals surface area contributed by atoms with Gasteiger partial charge in [0.1, 0.15) is 5.69 Å². The number of amides is 1. The van der Waals surface area contributed by atoms with Gasteiger partial charge in [0, 0.05) is 23.3 Å². The van der Waals surface area contributed by atoms with Crippen molar-refractivity contribution in [1.82, 2.24) is 5.43 Å². The van der Waals surface area contributed by atoms with Crippen molar-refractivity contribution in [3.05, 3.63) is 77.9 Å². The number of hydrazine groups is 1. The van der Waals surface area contributed by atoms with Gasteiger partial charge in [-0.3, -0.25) is 46.0 Å². The average Bonchev–Trinajstić information content (AvgIpc) is 2.59. The molecule has 0 fully saturated rings. The zero-order valence-corrected chi connectivity index (χ0v) is 13.2. The van der Waals surface area contributed by atoms with Crippen LogP contribution < -0.4 is 10.9 Å². The number of nitro groups is 3. The van der Waals surface area contributed by atoms with Crippen LogP contribution >= 0.6 is 0 Å². The summed E-state index contributed by atoms with van der Waals surface area (Å²) in [5.41, 5.74) is 3.24. The first kappa shape index (κ1) is 18.3. The number of benzene rings is 2. The van der Waals surface area contributed by atoms with Crippen LogP contribution in [0.15, 0.2) is 36.4 Å². The van der Waals surface area contributed by atoms with E-state index in [9.17, 15) is 35.1 Å². The van der Waals surface area contributed by atoms with Gasteiger partial charge in [0.2, 0.25) is 0 Å². The van der Waals surface area contributed by atoms with Crippen LogP contribution in [0.25, 0.3) is 0 Å². The lowest BCUT2D eigenvalue weighted by atomic mass is 10.1. The average molecular weight is 361 g/mol. The second-order valence-electron chi connectivity index (χ2n) is 5.05. The molecule has 134 valence electrons. The van der Waals surface area contributed by atoms with Gasteiger partial charge in [0.15, 0.2) is 0 Å². The number of non-ortho nitro benzene ring substituents is 1. The van der Waals surface area contributed by atoms with Gasteiger partial charge < -0.3 is 0 Å². The summed E-state index contributed by atoms with van der Waals surface area (Å²) < 4.78 is 0. The molecule has 0 aliphatic carbocycles. The summed E-state index contributed by atoms with van der Waals surface area (Å²) in [6, 6.07) is 6.64. The molecular formula is C14H11N5O7. The molecule has 0 spiro atoms. The van der Waals surface area contributed by atoms with E-state index in [4.69, 9.17) is 0 Å². The number of nitrogens with zero attached hydrogens (tertiary/aromatic N) is 3. The largest absolute Gasteiger partial charge is 0.300 e. The maximum atomic E-state index is 12.1. The number of rotatable bonds is 6. The van der Waals surface area contributed by atoms with E-state index in [1.807, 2.05) is 0 Å². The molecular weight excluding hydrogens is 350 g/mol. The number of anilines is 1. The third-order valence-electron chi connectivity index (χ3n) is 3.37. The highest BCUT2D eigenvalue weighted by Gasteiger charge is 2.20. The monoisotopic (exact) mass is 361 g/mol. The van der Waals surface area contributed by atoms with Crippen LogP contribution in [0.3, 0.4) is 0 Å². The summed E-state index contributed by atoms with van der Waals surface area (Å²) in [5, 5.41) is 32.6. The summed E-state index contributed by atoms with van der Waals surface area (Å²) >= 11 is 0. The standard InChI is InChI=1S/C14H11N5O7/c1-8-2-3-9(6-12(8)18(23)24)14(20)16-15-11-5-4-10(17(21)22)7-13(11)19(25)26/h2-7,15H,1H3,(H,16,20). The summed E-state index contributed by atoms with van der Waals surface area (Å²) in [7, 11) is 0. The molecule has 2 rings (SSSR count). The molecule has 0 aliphatic rings. The van der Waals surface area contributed by atoms with Crippen molar-refractivity contribution in [2.24, 2.45) is 0 Å². The topological polar surface area (TPSA) is 171 Å². The summed E-state index contributed by atoms with van der Waals surface area (Å²) in [6.45, 7) is 1.51. The van der Waals surface area contributed by atoms with Crippen molar-refractivity contribution in [3.63, 3.8) is 0 Å². The molecule has 0 saturated carbocycles. The minimum Gasteiger partial charge on any atom is -0.292 e. The molecule has 2 N–H and O–H groups in total. The Morgan fingerprint density at radius 2 is 1.54 bits per heavy atom. The second kappa shape index (κ2) is 7.21. The minimum atomic E-state index is -0.849. The number of aryl methyl sites for hydroxylation is 1. The molecule has 12 nitrogen and oxygen atoms in total. The molecule has 0 aliphatic heterocycles. The fourth-order valence-corrected chi connectivity index (χ4v) is 2.03. The van der Waals surface area contributed by atoms with Gasteiger partial charge in [0.25, 0.3) is 17.3 Å². The van der Waals surface area contributed by atoms with Gasteiger partial charge in [-0.25, -0.2) is 0 Å². The second-order valence-corrected chi connectivity index (χ2v) is 5.05. The Morgan fingerprint density at radius 3 is 2.12 bits per heavy atom. The number of hydrogen-bond acceptors (Lipinski definition) is 8. The number of carbonyl (C=O) groups is 1. The predicted molar refractivity (Wildman–Crippen MR) is 88.7 cm³/mol. The lowest BCUT2D eigenvalue weighted by Gasteiger charge is -2.09. The highest BCUT2D eigenvalue weighted by Crippen LogP contribution is 2.28. The number of carbonyl (C=O) groups excluding carboxylic acids is 1.